The highest BCUT2D eigenvalue weighted by Crippen LogP contribution is 2.35. The van der Waals surface area contributed by atoms with Crippen LogP contribution < -0.4 is 5.32 Å². The molecule has 100 valence electrons. The van der Waals surface area contributed by atoms with E-state index in [2.05, 4.69) is 19.2 Å². The van der Waals surface area contributed by atoms with Gasteiger partial charge < -0.3 is 10.1 Å². The maximum atomic E-state index is 6.12. The van der Waals surface area contributed by atoms with Crippen molar-refractivity contribution in [1.82, 2.24) is 5.32 Å². The molecule has 2 nitrogen and oxygen atoms in total. The molecule has 2 aliphatic rings. The van der Waals surface area contributed by atoms with E-state index >= 15 is 0 Å². The Morgan fingerprint density at radius 2 is 1.82 bits per heavy atom. The molecule has 0 bridgehead atoms. The van der Waals surface area contributed by atoms with Crippen LogP contribution in [0.4, 0.5) is 0 Å². The summed E-state index contributed by atoms with van der Waals surface area (Å²) in [5, 5.41) is 3.60. The Balaban J connectivity index is 1.86. The molecular weight excluding hydrogens is 210 g/mol. The molecule has 0 radical (unpaired) electrons. The van der Waals surface area contributed by atoms with E-state index in [-0.39, 0.29) is 0 Å². The van der Waals surface area contributed by atoms with E-state index in [1.807, 2.05) is 0 Å². The molecule has 1 saturated carbocycles. The van der Waals surface area contributed by atoms with Crippen LogP contribution >= 0.6 is 0 Å². The Morgan fingerprint density at radius 1 is 1.06 bits per heavy atom. The standard InChI is InChI=1S/C15H29NO/c1-12(2)16-11-14-9-6-10-17-15(14)13-7-4-3-5-8-13/h12-16H,3-11H2,1-2H3. The number of hydrogen-bond donors (Lipinski definition) is 1. The fourth-order valence-corrected chi connectivity index (χ4v) is 3.45. The van der Waals surface area contributed by atoms with Gasteiger partial charge >= 0.3 is 0 Å². The number of nitrogens with one attached hydrogen (secondary N) is 1. The third-order valence-corrected chi connectivity index (χ3v) is 4.40. The smallest absolute Gasteiger partial charge is 0.0643 e. The van der Waals surface area contributed by atoms with Crippen molar-refractivity contribution in [1.29, 1.82) is 0 Å². The van der Waals surface area contributed by atoms with Gasteiger partial charge in [0.05, 0.1) is 6.10 Å². The lowest BCUT2D eigenvalue weighted by Gasteiger charge is -2.39. The molecule has 1 aliphatic heterocycles. The first kappa shape index (κ1) is 13.4. The molecule has 1 N–H and O–H groups in total. The summed E-state index contributed by atoms with van der Waals surface area (Å²) in [6.45, 7) is 6.62. The third-order valence-electron chi connectivity index (χ3n) is 4.40. The zero-order chi connectivity index (χ0) is 12.1. The minimum absolute atomic E-state index is 0.551. The molecule has 1 heterocycles. The molecule has 1 saturated heterocycles. The minimum atomic E-state index is 0.551. The number of rotatable bonds is 4. The predicted octanol–water partition coefficient (Wildman–Crippen LogP) is 3.36. The van der Waals surface area contributed by atoms with Gasteiger partial charge in [0, 0.05) is 19.2 Å². The average molecular weight is 239 g/mol. The van der Waals surface area contributed by atoms with Gasteiger partial charge in [-0.2, -0.15) is 0 Å². The summed E-state index contributed by atoms with van der Waals surface area (Å²) >= 11 is 0. The van der Waals surface area contributed by atoms with Crippen LogP contribution in [0.1, 0.15) is 58.8 Å². The van der Waals surface area contributed by atoms with Gasteiger partial charge in [0.1, 0.15) is 0 Å². The van der Waals surface area contributed by atoms with E-state index in [9.17, 15) is 0 Å². The SMILES string of the molecule is CC(C)NCC1CCCOC1C1CCCCC1. The molecule has 17 heavy (non-hydrogen) atoms. The van der Waals surface area contributed by atoms with E-state index < -0.39 is 0 Å². The van der Waals surface area contributed by atoms with Crippen molar-refractivity contribution in [2.75, 3.05) is 13.2 Å². The van der Waals surface area contributed by atoms with Crippen molar-refractivity contribution in [3.8, 4) is 0 Å². The van der Waals surface area contributed by atoms with Gasteiger partial charge in [0.15, 0.2) is 0 Å². The second-order valence-corrected chi connectivity index (χ2v) is 6.20. The van der Waals surface area contributed by atoms with E-state index in [0.717, 1.165) is 25.0 Å². The van der Waals surface area contributed by atoms with Gasteiger partial charge in [-0.1, -0.05) is 33.1 Å². The van der Waals surface area contributed by atoms with Gasteiger partial charge in [-0.05, 0) is 37.5 Å². The van der Waals surface area contributed by atoms with Crippen LogP contribution in [-0.2, 0) is 4.74 Å². The molecule has 0 amide bonds. The Bertz CT molecular complexity index is 211. The van der Waals surface area contributed by atoms with E-state index in [4.69, 9.17) is 4.74 Å². The summed E-state index contributed by atoms with van der Waals surface area (Å²) in [7, 11) is 0. The molecule has 2 heteroatoms. The minimum Gasteiger partial charge on any atom is -0.378 e. The van der Waals surface area contributed by atoms with Crippen molar-refractivity contribution in [3.63, 3.8) is 0 Å². The highest BCUT2D eigenvalue weighted by Gasteiger charge is 2.33. The quantitative estimate of drug-likeness (QED) is 0.812. The van der Waals surface area contributed by atoms with Gasteiger partial charge in [0.2, 0.25) is 0 Å². The molecule has 0 spiro atoms. The normalized spacial score (nSPS) is 31.9. The fraction of sp³-hybridized carbons (Fsp3) is 1.00. The lowest BCUT2D eigenvalue weighted by Crippen LogP contribution is -2.43. The van der Waals surface area contributed by atoms with E-state index in [1.165, 1.54) is 44.9 Å². The van der Waals surface area contributed by atoms with Crippen LogP contribution in [0, 0.1) is 11.8 Å². The first-order chi connectivity index (χ1) is 8.27. The molecular formula is C15H29NO. The van der Waals surface area contributed by atoms with E-state index in [1.54, 1.807) is 0 Å². The third kappa shape index (κ3) is 3.96. The maximum Gasteiger partial charge on any atom is 0.0643 e. The largest absolute Gasteiger partial charge is 0.378 e. The van der Waals surface area contributed by atoms with Gasteiger partial charge in [-0.25, -0.2) is 0 Å². The van der Waals surface area contributed by atoms with Gasteiger partial charge in [-0.15, -0.1) is 0 Å². The first-order valence-electron chi connectivity index (χ1n) is 7.62. The summed E-state index contributed by atoms with van der Waals surface area (Å²) in [5.74, 6) is 1.61. The second-order valence-electron chi connectivity index (χ2n) is 6.20. The Hall–Kier alpha value is -0.0800. The molecule has 2 unspecified atom stereocenters. The monoisotopic (exact) mass is 239 g/mol. The highest BCUT2D eigenvalue weighted by atomic mass is 16.5. The Morgan fingerprint density at radius 3 is 2.53 bits per heavy atom. The fourth-order valence-electron chi connectivity index (χ4n) is 3.45. The highest BCUT2D eigenvalue weighted by molar-refractivity contribution is 4.84. The van der Waals surface area contributed by atoms with Gasteiger partial charge in [0.25, 0.3) is 0 Å². The summed E-state index contributed by atoms with van der Waals surface area (Å²) in [6.07, 6.45) is 10.3. The zero-order valence-corrected chi connectivity index (χ0v) is 11.6. The first-order valence-corrected chi connectivity index (χ1v) is 7.62. The van der Waals surface area contributed by atoms with Crippen LogP contribution in [0.25, 0.3) is 0 Å². The molecule has 2 atom stereocenters. The predicted molar refractivity (Wildman–Crippen MR) is 72.2 cm³/mol. The lowest BCUT2D eigenvalue weighted by atomic mass is 9.78. The Kier molecular flexibility index (Phi) is 5.30. The van der Waals surface area contributed by atoms with Crippen LogP contribution in [0.15, 0.2) is 0 Å². The van der Waals surface area contributed by atoms with Crippen LogP contribution in [0.5, 0.6) is 0 Å². The molecule has 2 rings (SSSR count). The van der Waals surface area contributed by atoms with Crippen molar-refractivity contribution < 1.29 is 4.74 Å². The van der Waals surface area contributed by atoms with Crippen molar-refractivity contribution >= 4 is 0 Å². The van der Waals surface area contributed by atoms with E-state index in [0.29, 0.717) is 12.1 Å². The summed E-state index contributed by atoms with van der Waals surface area (Å²) in [5.41, 5.74) is 0. The maximum absolute atomic E-state index is 6.12. The topological polar surface area (TPSA) is 21.3 Å². The summed E-state index contributed by atoms with van der Waals surface area (Å²) in [4.78, 5) is 0. The van der Waals surface area contributed by atoms with Crippen LogP contribution in [0.3, 0.4) is 0 Å². The molecule has 2 fully saturated rings. The van der Waals surface area contributed by atoms with Crippen LogP contribution in [0.2, 0.25) is 0 Å². The summed E-state index contributed by atoms with van der Waals surface area (Å²) < 4.78 is 6.12. The van der Waals surface area contributed by atoms with Crippen molar-refractivity contribution in [2.45, 2.75) is 70.9 Å². The Labute approximate surface area is 107 Å². The summed E-state index contributed by atoms with van der Waals surface area (Å²) in [6, 6.07) is 0.601. The average Bonchev–Trinajstić information content (AvgIpc) is 2.38. The van der Waals surface area contributed by atoms with Crippen molar-refractivity contribution in [2.24, 2.45) is 11.8 Å². The van der Waals surface area contributed by atoms with Gasteiger partial charge in [-0.3, -0.25) is 0 Å². The molecule has 0 aromatic rings. The van der Waals surface area contributed by atoms with Crippen LogP contribution in [-0.4, -0.2) is 25.3 Å². The lowest BCUT2D eigenvalue weighted by molar-refractivity contribution is -0.0682. The number of hydrogen-bond acceptors (Lipinski definition) is 2. The molecule has 0 aromatic carbocycles. The second kappa shape index (κ2) is 6.75. The zero-order valence-electron chi connectivity index (χ0n) is 11.6. The van der Waals surface area contributed by atoms with Crippen molar-refractivity contribution in [3.05, 3.63) is 0 Å². The molecule has 1 aliphatic carbocycles. The molecule has 0 aromatic heterocycles. The number of ether oxygens (including phenoxy) is 1.